The van der Waals surface area contributed by atoms with Crippen molar-refractivity contribution >= 4 is 57.1 Å². The molecule has 3 heterocycles. The Labute approximate surface area is 211 Å². The van der Waals surface area contributed by atoms with Crippen LogP contribution in [0.2, 0.25) is 10.0 Å². The van der Waals surface area contributed by atoms with Crippen molar-refractivity contribution in [2.24, 2.45) is 5.10 Å². The average molecular weight is 501 g/mol. The van der Waals surface area contributed by atoms with Crippen LogP contribution < -0.4 is 5.01 Å². The third kappa shape index (κ3) is 3.96. The molecule has 0 radical (unpaired) electrons. The van der Waals surface area contributed by atoms with Crippen LogP contribution in [0.3, 0.4) is 0 Å². The second-order valence-electron chi connectivity index (χ2n) is 8.04. The third-order valence-corrected chi connectivity index (χ3v) is 7.27. The van der Waals surface area contributed by atoms with E-state index in [1.165, 1.54) is 0 Å². The van der Waals surface area contributed by atoms with Gasteiger partial charge in [0.1, 0.15) is 0 Å². The molecule has 0 bridgehead atoms. The molecule has 34 heavy (non-hydrogen) atoms. The second-order valence-corrected chi connectivity index (χ2v) is 9.86. The van der Waals surface area contributed by atoms with Crippen molar-refractivity contribution < 1.29 is 0 Å². The Hall–Kier alpha value is -3.25. The van der Waals surface area contributed by atoms with E-state index in [-0.39, 0.29) is 6.04 Å². The molecule has 166 valence electrons. The Morgan fingerprint density at radius 2 is 1.68 bits per heavy atom. The molecule has 2 aromatic heterocycles. The number of hydrogen-bond acceptors (Lipinski definition) is 5. The highest BCUT2D eigenvalue weighted by Crippen LogP contribution is 2.38. The number of aromatic nitrogens is 2. The number of fused-ring (bicyclic) bond motifs is 1. The molecular formula is C27H18Cl2N4S. The van der Waals surface area contributed by atoms with Gasteiger partial charge in [-0.25, -0.2) is 15.0 Å². The van der Waals surface area contributed by atoms with E-state index in [1.807, 2.05) is 77.8 Å². The third-order valence-electron chi connectivity index (χ3n) is 5.86. The number of hydrazone groups is 1. The molecule has 0 saturated heterocycles. The normalized spacial score (nSPS) is 15.6. The topological polar surface area (TPSA) is 41.4 Å². The summed E-state index contributed by atoms with van der Waals surface area (Å²) in [6.45, 7) is 0. The highest BCUT2D eigenvalue weighted by molar-refractivity contribution is 7.12. The number of benzene rings is 3. The number of thiophene rings is 1. The van der Waals surface area contributed by atoms with Gasteiger partial charge in [0.15, 0.2) is 0 Å². The minimum Gasteiger partial charge on any atom is -0.223 e. The molecule has 0 amide bonds. The van der Waals surface area contributed by atoms with Gasteiger partial charge in [0.2, 0.25) is 5.95 Å². The molecule has 0 unspecified atom stereocenters. The van der Waals surface area contributed by atoms with Crippen molar-refractivity contribution in [1.29, 1.82) is 0 Å². The van der Waals surface area contributed by atoms with Gasteiger partial charge in [0, 0.05) is 27.4 Å². The van der Waals surface area contributed by atoms with E-state index in [4.69, 9.17) is 38.3 Å². The summed E-state index contributed by atoms with van der Waals surface area (Å²) in [5.41, 5.74) is 4.78. The van der Waals surface area contributed by atoms with Gasteiger partial charge in [0.25, 0.3) is 0 Å². The van der Waals surface area contributed by atoms with Crippen molar-refractivity contribution in [2.45, 2.75) is 12.5 Å². The number of hydrogen-bond donors (Lipinski definition) is 0. The van der Waals surface area contributed by atoms with Gasteiger partial charge in [-0.3, -0.25) is 0 Å². The number of halogens is 2. The molecule has 0 fully saturated rings. The van der Waals surface area contributed by atoms with Crippen LogP contribution in [0, 0.1) is 0 Å². The minimum absolute atomic E-state index is 0.0602. The molecule has 0 aliphatic carbocycles. The highest BCUT2D eigenvalue weighted by atomic mass is 35.5. The molecule has 3 aromatic carbocycles. The largest absolute Gasteiger partial charge is 0.247 e. The van der Waals surface area contributed by atoms with E-state index in [9.17, 15) is 0 Å². The predicted octanol–water partition coefficient (Wildman–Crippen LogP) is 8.02. The highest BCUT2D eigenvalue weighted by Gasteiger charge is 2.32. The maximum absolute atomic E-state index is 6.35. The predicted molar refractivity (Wildman–Crippen MR) is 142 cm³/mol. The Balaban J connectivity index is 1.53. The summed E-state index contributed by atoms with van der Waals surface area (Å²) in [6, 6.07) is 27.8. The fourth-order valence-corrected chi connectivity index (χ4v) is 5.30. The lowest BCUT2D eigenvalue weighted by Gasteiger charge is -2.23. The lowest BCUT2D eigenvalue weighted by atomic mass is 10.0. The van der Waals surface area contributed by atoms with Crippen LogP contribution in [-0.2, 0) is 0 Å². The van der Waals surface area contributed by atoms with Gasteiger partial charge < -0.3 is 0 Å². The zero-order chi connectivity index (χ0) is 23.1. The molecule has 1 aliphatic rings. The Morgan fingerprint density at radius 1 is 0.824 bits per heavy atom. The van der Waals surface area contributed by atoms with Crippen LogP contribution >= 0.6 is 34.5 Å². The molecule has 6 rings (SSSR count). The number of rotatable bonds is 4. The van der Waals surface area contributed by atoms with Gasteiger partial charge in [-0.15, -0.1) is 11.3 Å². The SMILES string of the molecule is Clc1ccc(-c2nc(N3N=C(c4cccs4)C[C@@H]3c3cccc(Cl)c3)nc3ccccc23)cc1. The molecular weight excluding hydrogens is 483 g/mol. The van der Waals surface area contributed by atoms with E-state index < -0.39 is 0 Å². The van der Waals surface area contributed by atoms with E-state index >= 15 is 0 Å². The van der Waals surface area contributed by atoms with E-state index in [2.05, 4.69) is 17.5 Å². The van der Waals surface area contributed by atoms with Crippen LogP contribution in [-0.4, -0.2) is 15.7 Å². The van der Waals surface area contributed by atoms with Gasteiger partial charge in [0.05, 0.1) is 27.8 Å². The summed E-state index contributed by atoms with van der Waals surface area (Å²) in [6.07, 6.45) is 0.743. The molecule has 0 saturated carbocycles. The number of anilines is 1. The van der Waals surface area contributed by atoms with E-state index in [1.54, 1.807) is 11.3 Å². The molecule has 0 N–H and O–H groups in total. The van der Waals surface area contributed by atoms with Crippen molar-refractivity contribution in [1.82, 2.24) is 9.97 Å². The first-order chi connectivity index (χ1) is 16.7. The lowest BCUT2D eigenvalue weighted by molar-refractivity contribution is 0.689. The summed E-state index contributed by atoms with van der Waals surface area (Å²) < 4.78 is 0. The van der Waals surface area contributed by atoms with Crippen molar-refractivity contribution in [2.75, 3.05) is 5.01 Å². The fraction of sp³-hybridized carbons (Fsp3) is 0.0741. The van der Waals surface area contributed by atoms with Gasteiger partial charge in [-0.05, 0) is 47.3 Å². The van der Waals surface area contributed by atoms with Gasteiger partial charge >= 0.3 is 0 Å². The molecule has 7 heteroatoms. The van der Waals surface area contributed by atoms with Crippen LogP contribution in [0.15, 0.2) is 95.4 Å². The fourth-order valence-electron chi connectivity index (χ4n) is 4.25. The Bertz CT molecular complexity index is 1510. The standard InChI is InChI=1S/C27H18Cl2N4S/c28-19-12-10-17(11-13-19)26-21-7-1-2-8-22(21)30-27(31-26)33-24(18-5-3-6-20(29)15-18)16-23(32-33)25-9-4-14-34-25/h1-15,24H,16H2/t24-/m1/s1. The number of para-hydroxylation sites is 1. The van der Waals surface area contributed by atoms with Crippen LogP contribution in [0.25, 0.3) is 22.2 Å². The second kappa shape index (κ2) is 8.84. The Kier molecular flexibility index (Phi) is 5.53. The summed E-state index contributed by atoms with van der Waals surface area (Å²) >= 11 is 14.2. The van der Waals surface area contributed by atoms with Crippen molar-refractivity contribution in [3.8, 4) is 11.3 Å². The van der Waals surface area contributed by atoms with Crippen molar-refractivity contribution in [3.63, 3.8) is 0 Å². The first-order valence-corrected chi connectivity index (χ1v) is 12.5. The maximum Gasteiger partial charge on any atom is 0.247 e. The average Bonchev–Trinajstić information content (AvgIpc) is 3.54. The van der Waals surface area contributed by atoms with Crippen LogP contribution in [0.4, 0.5) is 5.95 Å². The lowest BCUT2D eigenvalue weighted by Crippen LogP contribution is -2.21. The smallest absolute Gasteiger partial charge is 0.223 e. The summed E-state index contributed by atoms with van der Waals surface area (Å²) in [7, 11) is 0. The maximum atomic E-state index is 6.35. The zero-order valence-corrected chi connectivity index (χ0v) is 20.2. The Morgan fingerprint density at radius 3 is 2.47 bits per heavy atom. The number of nitrogens with zero attached hydrogens (tertiary/aromatic N) is 4. The molecule has 0 spiro atoms. The molecule has 1 aliphatic heterocycles. The van der Waals surface area contributed by atoms with Crippen LogP contribution in [0.5, 0.6) is 0 Å². The van der Waals surface area contributed by atoms with Crippen LogP contribution in [0.1, 0.15) is 22.9 Å². The zero-order valence-electron chi connectivity index (χ0n) is 17.9. The quantitative estimate of drug-likeness (QED) is 0.250. The van der Waals surface area contributed by atoms with Gasteiger partial charge in [-0.2, -0.15) is 5.10 Å². The molecule has 5 aromatic rings. The summed E-state index contributed by atoms with van der Waals surface area (Å²) in [4.78, 5) is 11.1. The summed E-state index contributed by atoms with van der Waals surface area (Å²) in [5, 5.41) is 11.4. The van der Waals surface area contributed by atoms with Crippen molar-refractivity contribution in [3.05, 3.63) is 111 Å². The first-order valence-electron chi connectivity index (χ1n) is 10.8. The van der Waals surface area contributed by atoms with Gasteiger partial charge in [-0.1, -0.05) is 71.7 Å². The minimum atomic E-state index is -0.0602. The summed E-state index contributed by atoms with van der Waals surface area (Å²) in [5.74, 6) is 0.556. The van der Waals surface area contributed by atoms with E-state index in [0.717, 1.165) is 44.7 Å². The monoisotopic (exact) mass is 500 g/mol. The molecule has 4 nitrogen and oxygen atoms in total. The first kappa shape index (κ1) is 21.3. The molecule has 1 atom stereocenters. The van der Waals surface area contributed by atoms with E-state index in [0.29, 0.717) is 16.0 Å².